The molecule has 0 spiro atoms. The molecule has 1 aliphatic heterocycles. The number of hydrogen-bond donors (Lipinski definition) is 3. The van der Waals surface area contributed by atoms with E-state index < -0.39 is 10.0 Å². The van der Waals surface area contributed by atoms with E-state index in [2.05, 4.69) is 10.6 Å². The van der Waals surface area contributed by atoms with Crippen molar-refractivity contribution in [2.75, 3.05) is 39.0 Å². The van der Waals surface area contributed by atoms with Gasteiger partial charge < -0.3 is 15.7 Å². The Morgan fingerprint density at radius 3 is 2.52 bits per heavy atom. The first-order valence-corrected chi connectivity index (χ1v) is 11.8. The summed E-state index contributed by atoms with van der Waals surface area (Å²) in [6.07, 6.45) is 9.84. The minimum Gasteiger partial charge on any atom is -0.396 e. The maximum atomic E-state index is 11.9. The summed E-state index contributed by atoms with van der Waals surface area (Å²) >= 11 is 0. The molecule has 2 aliphatic rings. The normalized spacial score (nSPS) is 23.7. The Labute approximate surface area is 181 Å². The molecule has 9 heteroatoms. The lowest BCUT2D eigenvalue weighted by atomic mass is 9.72. The molecule has 7 nitrogen and oxygen atoms in total. The maximum Gasteiger partial charge on any atom is 0.211 e. The van der Waals surface area contributed by atoms with Crippen LogP contribution >= 0.6 is 24.0 Å². The number of aliphatic hydroxyl groups is 1. The van der Waals surface area contributed by atoms with Crippen LogP contribution in [0, 0.1) is 5.41 Å². The zero-order valence-electron chi connectivity index (χ0n) is 16.7. The van der Waals surface area contributed by atoms with Gasteiger partial charge >= 0.3 is 0 Å². The summed E-state index contributed by atoms with van der Waals surface area (Å²) in [6, 6.07) is -0.00469. The van der Waals surface area contributed by atoms with Crippen molar-refractivity contribution >= 4 is 40.0 Å². The first kappa shape index (κ1) is 24.9. The van der Waals surface area contributed by atoms with Crippen molar-refractivity contribution in [1.82, 2.24) is 14.9 Å². The highest BCUT2D eigenvalue weighted by molar-refractivity contribution is 14.0. The molecule has 0 unspecified atom stereocenters. The third-order valence-corrected chi connectivity index (χ3v) is 7.06. The summed E-state index contributed by atoms with van der Waals surface area (Å²) in [7, 11) is -3.15. The predicted molar refractivity (Wildman–Crippen MR) is 121 cm³/mol. The van der Waals surface area contributed by atoms with E-state index in [9.17, 15) is 13.5 Å². The van der Waals surface area contributed by atoms with Crippen LogP contribution in [-0.2, 0) is 10.0 Å². The van der Waals surface area contributed by atoms with Crippen molar-refractivity contribution < 1.29 is 13.5 Å². The number of rotatable bonds is 8. The van der Waals surface area contributed by atoms with Crippen LogP contribution in [0.1, 0.15) is 58.3 Å². The van der Waals surface area contributed by atoms with Gasteiger partial charge in [0.15, 0.2) is 5.96 Å². The van der Waals surface area contributed by atoms with Gasteiger partial charge in [0.1, 0.15) is 0 Å². The number of sulfonamides is 1. The van der Waals surface area contributed by atoms with E-state index in [1.807, 2.05) is 6.92 Å². The van der Waals surface area contributed by atoms with E-state index in [0.717, 1.165) is 44.6 Å². The molecule has 0 aromatic rings. The average Bonchev–Trinajstić information content (AvgIpc) is 3.07. The SMILES string of the molecule is CCNC(=NCC1(CCO)CCCCC1)NC[C@H]1CCCN1S(C)(=O)=O.I. The molecule has 0 radical (unpaired) electrons. The van der Waals surface area contributed by atoms with E-state index in [4.69, 9.17) is 4.99 Å². The van der Waals surface area contributed by atoms with E-state index in [0.29, 0.717) is 19.6 Å². The van der Waals surface area contributed by atoms with Crippen molar-refractivity contribution in [3.63, 3.8) is 0 Å². The molecule has 160 valence electrons. The Hall–Kier alpha value is -0.130. The first-order chi connectivity index (χ1) is 12.4. The lowest BCUT2D eigenvalue weighted by molar-refractivity contribution is 0.137. The zero-order chi connectivity index (χ0) is 19.0. The molecule has 1 aliphatic carbocycles. The third kappa shape index (κ3) is 7.66. The molecule has 1 saturated heterocycles. The smallest absolute Gasteiger partial charge is 0.211 e. The number of halogens is 1. The third-order valence-electron chi connectivity index (χ3n) is 5.73. The van der Waals surface area contributed by atoms with Gasteiger partial charge in [-0.25, -0.2) is 8.42 Å². The van der Waals surface area contributed by atoms with Crippen LogP contribution in [0.2, 0.25) is 0 Å². The highest BCUT2D eigenvalue weighted by atomic mass is 127. The molecule has 0 aromatic carbocycles. The second-order valence-corrected chi connectivity index (χ2v) is 9.72. The topological polar surface area (TPSA) is 94.0 Å². The van der Waals surface area contributed by atoms with Gasteiger partial charge in [0.2, 0.25) is 10.0 Å². The summed E-state index contributed by atoms with van der Waals surface area (Å²) in [5, 5.41) is 16.1. The molecule has 2 rings (SSSR count). The van der Waals surface area contributed by atoms with Crippen molar-refractivity contribution in [2.45, 2.75) is 64.3 Å². The molecular weight excluding hydrogens is 479 g/mol. The van der Waals surface area contributed by atoms with E-state index in [1.165, 1.54) is 25.5 Å². The Kier molecular flexibility index (Phi) is 10.9. The van der Waals surface area contributed by atoms with Crippen LogP contribution in [-0.4, -0.2) is 68.9 Å². The van der Waals surface area contributed by atoms with E-state index >= 15 is 0 Å². The summed E-state index contributed by atoms with van der Waals surface area (Å²) in [6.45, 7) is 4.90. The van der Waals surface area contributed by atoms with Gasteiger partial charge in [-0.15, -0.1) is 24.0 Å². The second-order valence-electron chi connectivity index (χ2n) is 7.78. The fourth-order valence-corrected chi connectivity index (χ4v) is 5.46. The maximum absolute atomic E-state index is 11.9. The fourth-order valence-electron chi connectivity index (χ4n) is 4.28. The first-order valence-electron chi connectivity index (χ1n) is 10.00. The van der Waals surface area contributed by atoms with Gasteiger partial charge in [0.25, 0.3) is 0 Å². The molecule has 0 amide bonds. The van der Waals surface area contributed by atoms with E-state index in [1.54, 1.807) is 4.31 Å². The molecule has 27 heavy (non-hydrogen) atoms. The Bertz CT molecular complexity index is 559. The summed E-state index contributed by atoms with van der Waals surface area (Å²) in [4.78, 5) is 4.79. The summed E-state index contributed by atoms with van der Waals surface area (Å²) in [5.74, 6) is 0.746. The highest BCUT2D eigenvalue weighted by Gasteiger charge is 2.32. The van der Waals surface area contributed by atoms with Gasteiger partial charge in [0, 0.05) is 38.8 Å². The quantitative estimate of drug-likeness (QED) is 0.261. The lowest BCUT2D eigenvalue weighted by Crippen LogP contribution is -2.46. The minimum absolute atomic E-state index is 0. The molecule has 1 heterocycles. The largest absolute Gasteiger partial charge is 0.396 e. The van der Waals surface area contributed by atoms with Crippen molar-refractivity contribution in [1.29, 1.82) is 0 Å². The molecule has 3 N–H and O–H groups in total. The average molecular weight is 516 g/mol. The van der Waals surface area contributed by atoms with Crippen LogP contribution in [0.5, 0.6) is 0 Å². The highest BCUT2D eigenvalue weighted by Crippen LogP contribution is 2.39. The molecule has 0 bridgehead atoms. The van der Waals surface area contributed by atoms with Crippen molar-refractivity contribution in [3.05, 3.63) is 0 Å². The lowest BCUT2D eigenvalue weighted by Gasteiger charge is -2.35. The number of aliphatic hydroxyl groups excluding tert-OH is 1. The molecule has 0 aromatic heterocycles. The molecular formula is C18H37IN4O3S. The van der Waals surface area contributed by atoms with Gasteiger partial charge in [-0.2, -0.15) is 4.31 Å². The van der Waals surface area contributed by atoms with Gasteiger partial charge in [-0.3, -0.25) is 4.99 Å². The summed E-state index contributed by atoms with van der Waals surface area (Å²) in [5.41, 5.74) is 0.113. The Morgan fingerprint density at radius 2 is 1.93 bits per heavy atom. The van der Waals surface area contributed by atoms with Gasteiger partial charge in [-0.1, -0.05) is 19.3 Å². The van der Waals surface area contributed by atoms with Crippen molar-refractivity contribution in [2.24, 2.45) is 10.4 Å². The minimum atomic E-state index is -3.15. The zero-order valence-corrected chi connectivity index (χ0v) is 19.9. The Balaban J connectivity index is 0.00000364. The molecule has 2 fully saturated rings. The van der Waals surface area contributed by atoms with Crippen molar-refractivity contribution in [3.8, 4) is 0 Å². The molecule has 1 saturated carbocycles. The standard InChI is InChI=1S/C18H36N4O3S.HI/c1-3-19-17(20-14-16-8-7-12-22(16)26(2,24)25)21-15-18(11-13-23)9-5-4-6-10-18;/h16,23H,3-15H2,1-2H3,(H2,19,20,21);1H/t16-;/m1./s1. The number of aliphatic imine (C=N–C) groups is 1. The number of nitrogens with one attached hydrogen (secondary N) is 2. The number of nitrogens with zero attached hydrogens (tertiary/aromatic N) is 2. The van der Waals surface area contributed by atoms with Gasteiger partial charge in [-0.05, 0) is 44.4 Å². The number of hydrogen-bond acceptors (Lipinski definition) is 4. The van der Waals surface area contributed by atoms with Crippen LogP contribution in [0.15, 0.2) is 4.99 Å². The van der Waals surface area contributed by atoms with Crippen LogP contribution < -0.4 is 10.6 Å². The van der Waals surface area contributed by atoms with Crippen LogP contribution in [0.4, 0.5) is 0 Å². The predicted octanol–water partition coefficient (Wildman–Crippen LogP) is 1.92. The van der Waals surface area contributed by atoms with Crippen LogP contribution in [0.25, 0.3) is 0 Å². The number of guanidine groups is 1. The van der Waals surface area contributed by atoms with E-state index in [-0.39, 0.29) is 42.0 Å². The fraction of sp³-hybridized carbons (Fsp3) is 0.944. The second kappa shape index (κ2) is 11.8. The summed E-state index contributed by atoms with van der Waals surface area (Å²) < 4.78 is 25.4. The molecule has 1 atom stereocenters. The van der Waals surface area contributed by atoms with Gasteiger partial charge in [0.05, 0.1) is 6.26 Å². The monoisotopic (exact) mass is 516 g/mol. The Morgan fingerprint density at radius 1 is 1.22 bits per heavy atom. The van der Waals surface area contributed by atoms with Crippen LogP contribution in [0.3, 0.4) is 0 Å².